The van der Waals surface area contributed by atoms with Crippen molar-refractivity contribution in [2.24, 2.45) is 46.3 Å². The summed E-state index contributed by atoms with van der Waals surface area (Å²) in [5, 5.41) is 0. The Kier molecular flexibility index (Phi) is 5.59. The van der Waals surface area contributed by atoms with E-state index in [0.29, 0.717) is 10.8 Å². The van der Waals surface area contributed by atoms with Gasteiger partial charge >= 0.3 is 0 Å². The zero-order valence-electron chi connectivity index (χ0n) is 19.0. The van der Waals surface area contributed by atoms with Crippen LogP contribution in [0.25, 0.3) is 0 Å². The minimum Gasteiger partial charge on any atom is -0.0845 e. The van der Waals surface area contributed by atoms with Crippen molar-refractivity contribution >= 4 is 0 Å². The van der Waals surface area contributed by atoms with Gasteiger partial charge in [-0.3, -0.25) is 0 Å². The van der Waals surface area contributed by atoms with E-state index >= 15 is 0 Å². The predicted molar refractivity (Wildman–Crippen MR) is 118 cm³/mol. The molecule has 3 unspecified atom stereocenters. The Balaban J connectivity index is 1.49. The van der Waals surface area contributed by atoms with Crippen molar-refractivity contribution in [1.29, 1.82) is 0 Å². The van der Waals surface area contributed by atoms with Crippen LogP contribution in [-0.2, 0) is 0 Å². The summed E-state index contributed by atoms with van der Waals surface area (Å²) >= 11 is 0. The van der Waals surface area contributed by atoms with E-state index in [9.17, 15) is 0 Å². The normalized spacial score (nSPS) is 45.0. The topological polar surface area (TPSA) is 0 Å². The third-order valence-electron chi connectivity index (χ3n) is 10.2. The summed E-state index contributed by atoms with van der Waals surface area (Å²) in [5.41, 5.74) is 3.09. The summed E-state index contributed by atoms with van der Waals surface area (Å²) in [5.74, 6) is 5.84. The molecule has 0 aromatic heterocycles. The number of allylic oxidation sites excluding steroid dienone is 2. The second kappa shape index (κ2) is 7.53. The molecule has 0 saturated heterocycles. The zero-order chi connectivity index (χ0) is 19.2. The molecule has 27 heavy (non-hydrogen) atoms. The van der Waals surface area contributed by atoms with Crippen molar-refractivity contribution in [2.75, 3.05) is 0 Å². The Hall–Kier alpha value is -0.260. The van der Waals surface area contributed by atoms with Crippen LogP contribution < -0.4 is 0 Å². The van der Waals surface area contributed by atoms with E-state index in [-0.39, 0.29) is 0 Å². The van der Waals surface area contributed by atoms with Gasteiger partial charge in [-0.05, 0) is 97.7 Å². The van der Waals surface area contributed by atoms with E-state index in [4.69, 9.17) is 0 Å². The zero-order valence-corrected chi connectivity index (χ0v) is 19.0. The first-order valence-electron chi connectivity index (χ1n) is 12.6. The van der Waals surface area contributed by atoms with E-state index < -0.39 is 0 Å². The van der Waals surface area contributed by atoms with Crippen LogP contribution in [0.15, 0.2) is 11.6 Å². The molecule has 7 atom stereocenters. The van der Waals surface area contributed by atoms with E-state index in [1.165, 1.54) is 77.0 Å². The van der Waals surface area contributed by atoms with E-state index in [2.05, 4.69) is 40.7 Å². The first-order chi connectivity index (χ1) is 12.9. The van der Waals surface area contributed by atoms with E-state index in [1.807, 2.05) is 5.57 Å². The summed E-state index contributed by atoms with van der Waals surface area (Å²) in [4.78, 5) is 0. The van der Waals surface area contributed by atoms with Crippen molar-refractivity contribution in [3.8, 4) is 0 Å². The van der Waals surface area contributed by atoms with Gasteiger partial charge in [-0.2, -0.15) is 0 Å². The van der Waals surface area contributed by atoms with Crippen LogP contribution in [0.4, 0.5) is 0 Å². The van der Waals surface area contributed by atoms with Gasteiger partial charge in [-0.1, -0.05) is 72.0 Å². The minimum absolute atomic E-state index is 0.573. The SMILES string of the molecule is CC(C)CCC[C@@H](C)[C@H]1CCC2C3CC=C4CCCC[C@]4(C)C3CC[C@@]21C. The summed E-state index contributed by atoms with van der Waals surface area (Å²) in [6.07, 6.45) is 20.5. The number of rotatable bonds is 5. The highest BCUT2D eigenvalue weighted by Crippen LogP contribution is 2.67. The molecule has 0 spiro atoms. The van der Waals surface area contributed by atoms with Gasteiger partial charge in [0.1, 0.15) is 0 Å². The summed E-state index contributed by atoms with van der Waals surface area (Å²) < 4.78 is 0. The predicted octanol–water partition coefficient (Wildman–Crippen LogP) is 8.42. The molecule has 0 bridgehead atoms. The average Bonchev–Trinajstić information content (AvgIpc) is 2.98. The lowest BCUT2D eigenvalue weighted by Gasteiger charge is -2.58. The van der Waals surface area contributed by atoms with Gasteiger partial charge in [0.25, 0.3) is 0 Å². The second-order valence-corrected chi connectivity index (χ2v) is 12.0. The highest BCUT2D eigenvalue weighted by Gasteiger charge is 2.58. The highest BCUT2D eigenvalue weighted by atomic mass is 14.6. The third kappa shape index (κ3) is 3.36. The molecule has 4 aliphatic carbocycles. The lowest BCUT2D eigenvalue weighted by molar-refractivity contribution is -0.0500. The van der Waals surface area contributed by atoms with Gasteiger partial charge in [-0.25, -0.2) is 0 Å². The lowest BCUT2D eigenvalue weighted by atomic mass is 9.47. The molecule has 0 aromatic rings. The number of hydrogen-bond acceptors (Lipinski definition) is 0. The van der Waals surface area contributed by atoms with Gasteiger partial charge in [0, 0.05) is 0 Å². The summed E-state index contributed by atoms with van der Waals surface area (Å²) in [6.45, 7) is 12.8. The maximum atomic E-state index is 2.74. The monoisotopic (exact) mass is 370 g/mol. The fourth-order valence-electron chi connectivity index (χ4n) is 8.72. The standard InChI is InChI=1S/C27H46/c1-19(2)9-8-10-20(3)23-14-15-24-22-13-12-21-11-6-7-17-26(21,4)25(22)16-18-27(23,24)5/h12,19-20,22-25H,6-11,13-18H2,1-5H3/t20-,22?,23-,24?,25?,26+,27-/m1/s1. The Bertz CT molecular complexity index is 556. The van der Waals surface area contributed by atoms with Crippen molar-refractivity contribution < 1.29 is 0 Å². The molecule has 0 N–H and O–H groups in total. The smallest absolute Gasteiger partial charge is 0.00853 e. The molecular weight excluding hydrogens is 324 g/mol. The van der Waals surface area contributed by atoms with Gasteiger partial charge in [-0.15, -0.1) is 0 Å². The van der Waals surface area contributed by atoms with Crippen LogP contribution in [-0.4, -0.2) is 0 Å². The van der Waals surface area contributed by atoms with Crippen LogP contribution in [0.1, 0.15) is 112 Å². The first-order valence-corrected chi connectivity index (χ1v) is 12.6. The second-order valence-electron chi connectivity index (χ2n) is 12.0. The molecule has 0 aromatic carbocycles. The molecular formula is C27H46. The Morgan fingerprint density at radius 3 is 2.56 bits per heavy atom. The van der Waals surface area contributed by atoms with Gasteiger partial charge in [0.15, 0.2) is 0 Å². The molecule has 154 valence electrons. The Labute approximate surface area is 170 Å². The summed E-state index contributed by atoms with van der Waals surface area (Å²) in [6, 6.07) is 0. The van der Waals surface area contributed by atoms with Crippen LogP contribution in [0, 0.1) is 46.3 Å². The van der Waals surface area contributed by atoms with Gasteiger partial charge < -0.3 is 0 Å². The maximum Gasteiger partial charge on any atom is -0.00853 e. The molecule has 0 heterocycles. The fraction of sp³-hybridized carbons (Fsp3) is 0.926. The Morgan fingerprint density at radius 2 is 1.78 bits per heavy atom. The molecule has 0 radical (unpaired) electrons. The van der Waals surface area contributed by atoms with Crippen molar-refractivity contribution in [3.63, 3.8) is 0 Å². The maximum absolute atomic E-state index is 2.74. The van der Waals surface area contributed by atoms with E-state index in [0.717, 1.165) is 35.5 Å². The van der Waals surface area contributed by atoms with Crippen LogP contribution in [0.5, 0.6) is 0 Å². The lowest BCUT2D eigenvalue weighted by Crippen LogP contribution is -2.50. The molecule has 0 heteroatoms. The molecule has 0 aliphatic heterocycles. The molecule has 4 rings (SSSR count). The van der Waals surface area contributed by atoms with E-state index in [1.54, 1.807) is 0 Å². The largest absolute Gasteiger partial charge is 0.0845 e. The van der Waals surface area contributed by atoms with Crippen molar-refractivity contribution in [3.05, 3.63) is 11.6 Å². The van der Waals surface area contributed by atoms with Crippen molar-refractivity contribution in [1.82, 2.24) is 0 Å². The molecule has 0 nitrogen and oxygen atoms in total. The summed E-state index contributed by atoms with van der Waals surface area (Å²) in [7, 11) is 0. The van der Waals surface area contributed by atoms with Crippen LogP contribution in [0.3, 0.4) is 0 Å². The third-order valence-corrected chi connectivity index (χ3v) is 10.2. The first kappa shape index (κ1) is 20.0. The average molecular weight is 371 g/mol. The van der Waals surface area contributed by atoms with Crippen LogP contribution in [0.2, 0.25) is 0 Å². The number of fused-ring (bicyclic) bond motifs is 5. The molecule has 3 saturated carbocycles. The minimum atomic E-state index is 0.573. The van der Waals surface area contributed by atoms with Gasteiger partial charge in [0.05, 0.1) is 0 Å². The van der Waals surface area contributed by atoms with Crippen molar-refractivity contribution in [2.45, 2.75) is 112 Å². The molecule has 4 aliphatic rings. The molecule has 0 amide bonds. The quantitative estimate of drug-likeness (QED) is 0.426. The number of hydrogen-bond donors (Lipinski definition) is 0. The fourth-order valence-corrected chi connectivity index (χ4v) is 8.72. The Morgan fingerprint density at radius 1 is 0.963 bits per heavy atom. The highest BCUT2D eigenvalue weighted by molar-refractivity contribution is 5.24. The van der Waals surface area contributed by atoms with Gasteiger partial charge in [0.2, 0.25) is 0 Å². The molecule has 3 fully saturated rings. The van der Waals surface area contributed by atoms with Crippen LogP contribution >= 0.6 is 0 Å².